The standard InChI is InChI=1S/C13H18BrN3O/c1-16-6-7-18-13-11(16)8-10(14)9-12(13)17-4-2-15-3-5-17/h8-9,15H,2-7H2,1H3. The van der Waals surface area contributed by atoms with Crippen LogP contribution in [0, 0.1) is 0 Å². The van der Waals surface area contributed by atoms with Crippen molar-refractivity contribution in [3.63, 3.8) is 0 Å². The summed E-state index contributed by atoms with van der Waals surface area (Å²) < 4.78 is 7.03. The quantitative estimate of drug-likeness (QED) is 0.854. The largest absolute Gasteiger partial charge is 0.487 e. The van der Waals surface area contributed by atoms with Crippen molar-refractivity contribution in [2.24, 2.45) is 0 Å². The Bertz CT molecular complexity index is 446. The first kappa shape index (κ1) is 12.1. The fourth-order valence-corrected chi connectivity index (χ4v) is 2.98. The highest BCUT2D eigenvalue weighted by Crippen LogP contribution is 2.42. The maximum absolute atomic E-state index is 5.91. The van der Waals surface area contributed by atoms with Crippen LogP contribution in [-0.2, 0) is 0 Å². The molecule has 0 aliphatic carbocycles. The number of hydrogen-bond acceptors (Lipinski definition) is 4. The summed E-state index contributed by atoms with van der Waals surface area (Å²) in [6.45, 7) is 5.87. The molecule has 0 saturated carbocycles. The number of rotatable bonds is 1. The molecule has 0 unspecified atom stereocenters. The molecule has 1 saturated heterocycles. The highest BCUT2D eigenvalue weighted by Gasteiger charge is 2.23. The van der Waals surface area contributed by atoms with E-state index in [0.29, 0.717) is 0 Å². The van der Waals surface area contributed by atoms with Gasteiger partial charge in [-0.1, -0.05) is 15.9 Å². The highest BCUT2D eigenvalue weighted by atomic mass is 79.9. The van der Waals surface area contributed by atoms with E-state index in [9.17, 15) is 0 Å². The molecule has 3 rings (SSSR count). The normalized spacial score (nSPS) is 19.4. The van der Waals surface area contributed by atoms with E-state index >= 15 is 0 Å². The zero-order valence-electron chi connectivity index (χ0n) is 10.6. The van der Waals surface area contributed by atoms with Gasteiger partial charge in [0.15, 0.2) is 5.75 Å². The van der Waals surface area contributed by atoms with Crippen LogP contribution in [0.25, 0.3) is 0 Å². The van der Waals surface area contributed by atoms with E-state index in [0.717, 1.165) is 49.6 Å². The first-order valence-corrected chi connectivity index (χ1v) is 7.18. The number of piperazine rings is 1. The van der Waals surface area contributed by atoms with E-state index < -0.39 is 0 Å². The maximum atomic E-state index is 5.91. The third kappa shape index (κ3) is 2.17. The van der Waals surface area contributed by atoms with Crippen molar-refractivity contribution < 1.29 is 4.74 Å². The zero-order valence-corrected chi connectivity index (χ0v) is 12.2. The lowest BCUT2D eigenvalue weighted by Gasteiger charge is -2.35. The molecular weight excluding hydrogens is 294 g/mol. The van der Waals surface area contributed by atoms with E-state index in [1.54, 1.807) is 0 Å². The SMILES string of the molecule is CN1CCOc2c1cc(Br)cc2N1CCNCC1. The Kier molecular flexibility index (Phi) is 3.35. The molecule has 98 valence electrons. The summed E-state index contributed by atoms with van der Waals surface area (Å²) in [7, 11) is 2.12. The lowest BCUT2D eigenvalue weighted by Crippen LogP contribution is -2.44. The van der Waals surface area contributed by atoms with Gasteiger partial charge in [-0.15, -0.1) is 0 Å². The number of ether oxygens (including phenoxy) is 1. The second kappa shape index (κ2) is 4.97. The average molecular weight is 312 g/mol. The monoisotopic (exact) mass is 311 g/mol. The molecule has 0 spiro atoms. The Morgan fingerprint density at radius 3 is 2.67 bits per heavy atom. The fraction of sp³-hybridized carbons (Fsp3) is 0.538. The van der Waals surface area contributed by atoms with Crippen molar-refractivity contribution in [3.05, 3.63) is 16.6 Å². The second-order valence-electron chi connectivity index (χ2n) is 4.78. The van der Waals surface area contributed by atoms with Crippen molar-refractivity contribution in [2.75, 3.05) is 56.2 Å². The Morgan fingerprint density at radius 1 is 1.17 bits per heavy atom. The van der Waals surface area contributed by atoms with Gasteiger partial charge in [-0.2, -0.15) is 0 Å². The van der Waals surface area contributed by atoms with E-state index in [1.165, 1.54) is 11.4 Å². The number of hydrogen-bond donors (Lipinski definition) is 1. The van der Waals surface area contributed by atoms with E-state index in [4.69, 9.17) is 4.74 Å². The van der Waals surface area contributed by atoms with Crippen LogP contribution >= 0.6 is 15.9 Å². The van der Waals surface area contributed by atoms with Gasteiger partial charge in [0.1, 0.15) is 6.61 Å². The van der Waals surface area contributed by atoms with Gasteiger partial charge in [0, 0.05) is 37.7 Å². The summed E-state index contributed by atoms with van der Waals surface area (Å²) in [5, 5.41) is 3.38. The van der Waals surface area contributed by atoms with Crippen LogP contribution < -0.4 is 19.9 Å². The Labute approximate surface area is 116 Å². The van der Waals surface area contributed by atoms with Crippen molar-refractivity contribution in [1.29, 1.82) is 0 Å². The summed E-state index contributed by atoms with van der Waals surface area (Å²) in [5.41, 5.74) is 2.40. The smallest absolute Gasteiger partial charge is 0.166 e. The van der Waals surface area contributed by atoms with Crippen LogP contribution in [0.4, 0.5) is 11.4 Å². The maximum Gasteiger partial charge on any atom is 0.166 e. The third-order valence-corrected chi connectivity index (χ3v) is 4.01. The van der Waals surface area contributed by atoms with E-state index in [1.807, 2.05) is 0 Å². The van der Waals surface area contributed by atoms with E-state index in [-0.39, 0.29) is 0 Å². The predicted molar refractivity (Wildman–Crippen MR) is 78.0 cm³/mol. The van der Waals surface area contributed by atoms with Crippen LogP contribution in [0.5, 0.6) is 5.75 Å². The fourth-order valence-electron chi connectivity index (χ4n) is 2.54. The summed E-state index contributed by atoms with van der Waals surface area (Å²) in [5.74, 6) is 1.04. The minimum atomic E-state index is 0.768. The molecule has 0 aromatic heterocycles. The van der Waals surface area contributed by atoms with Gasteiger partial charge in [0.25, 0.3) is 0 Å². The third-order valence-electron chi connectivity index (χ3n) is 3.56. The van der Waals surface area contributed by atoms with Crippen LogP contribution in [0.1, 0.15) is 0 Å². The summed E-state index contributed by atoms with van der Waals surface area (Å²) in [6.07, 6.45) is 0. The Morgan fingerprint density at radius 2 is 1.89 bits per heavy atom. The van der Waals surface area contributed by atoms with Gasteiger partial charge in [-0.25, -0.2) is 0 Å². The molecular formula is C13H18BrN3O. The van der Waals surface area contributed by atoms with Gasteiger partial charge < -0.3 is 19.9 Å². The molecule has 4 nitrogen and oxygen atoms in total. The molecule has 2 aliphatic rings. The van der Waals surface area contributed by atoms with Gasteiger partial charge in [-0.3, -0.25) is 0 Å². The first-order chi connectivity index (χ1) is 8.75. The molecule has 1 aromatic rings. The van der Waals surface area contributed by atoms with Gasteiger partial charge >= 0.3 is 0 Å². The second-order valence-corrected chi connectivity index (χ2v) is 5.70. The molecule has 1 N–H and O–H groups in total. The minimum absolute atomic E-state index is 0.768. The van der Waals surface area contributed by atoms with Crippen molar-refractivity contribution >= 4 is 27.3 Å². The molecule has 18 heavy (non-hydrogen) atoms. The highest BCUT2D eigenvalue weighted by molar-refractivity contribution is 9.10. The average Bonchev–Trinajstić information content (AvgIpc) is 2.40. The van der Waals surface area contributed by atoms with Crippen molar-refractivity contribution in [2.45, 2.75) is 0 Å². The molecule has 0 atom stereocenters. The van der Waals surface area contributed by atoms with Crippen LogP contribution in [0.2, 0.25) is 0 Å². The lowest BCUT2D eigenvalue weighted by atomic mass is 10.2. The minimum Gasteiger partial charge on any atom is -0.487 e. The first-order valence-electron chi connectivity index (χ1n) is 6.39. The Hall–Kier alpha value is -0.940. The summed E-state index contributed by atoms with van der Waals surface area (Å²) in [4.78, 5) is 4.66. The van der Waals surface area contributed by atoms with Gasteiger partial charge in [-0.05, 0) is 12.1 Å². The summed E-state index contributed by atoms with van der Waals surface area (Å²) >= 11 is 3.61. The lowest BCUT2D eigenvalue weighted by molar-refractivity contribution is 0.311. The zero-order chi connectivity index (χ0) is 12.5. The van der Waals surface area contributed by atoms with Crippen LogP contribution in [0.15, 0.2) is 16.6 Å². The molecule has 2 heterocycles. The van der Waals surface area contributed by atoms with Gasteiger partial charge in [0.05, 0.1) is 17.9 Å². The molecule has 0 radical (unpaired) electrons. The number of nitrogens with one attached hydrogen (secondary N) is 1. The predicted octanol–water partition coefficient (Wildman–Crippen LogP) is 1.69. The number of halogens is 1. The van der Waals surface area contributed by atoms with Crippen molar-refractivity contribution in [1.82, 2.24) is 5.32 Å². The molecule has 5 heteroatoms. The van der Waals surface area contributed by atoms with E-state index in [2.05, 4.69) is 50.2 Å². The van der Waals surface area contributed by atoms with Crippen LogP contribution in [0.3, 0.4) is 0 Å². The number of benzene rings is 1. The Balaban J connectivity index is 2.02. The number of likely N-dealkylation sites (N-methyl/N-ethyl adjacent to an activating group) is 1. The molecule has 1 fully saturated rings. The summed E-state index contributed by atoms with van der Waals surface area (Å²) in [6, 6.07) is 4.31. The number of fused-ring (bicyclic) bond motifs is 1. The molecule has 2 aliphatic heterocycles. The van der Waals surface area contributed by atoms with Crippen molar-refractivity contribution in [3.8, 4) is 5.75 Å². The topological polar surface area (TPSA) is 27.7 Å². The molecule has 0 bridgehead atoms. The van der Waals surface area contributed by atoms with Gasteiger partial charge in [0.2, 0.25) is 0 Å². The number of anilines is 2. The van der Waals surface area contributed by atoms with Crippen LogP contribution in [-0.4, -0.2) is 46.4 Å². The number of nitrogens with zero attached hydrogens (tertiary/aromatic N) is 2. The molecule has 1 aromatic carbocycles. The molecule has 0 amide bonds.